The van der Waals surface area contributed by atoms with Crippen LogP contribution in [0.25, 0.3) is 11.3 Å². The molecule has 1 heterocycles. The van der Waals surface area contributed by atoms with Gasteiger partial charge in [-0.1, -0.05) is 30.3 Å². The summed E-state index contributed by atoms with van der Waals surface area (Å²) < 4.78 is 6.30. The van der Waals surface area contributed by atoms with Crippen LogP contribution in [0.15, 0.2) is 45.7 Å². The fraction of sp³-hybridized carbons (Fsp3) is 0.100. The Morgan fingerprint density at radius 3 is 2.46 bits per heavy atom. The van der Waals surface area contributed by atoms with Crippen molar-refractivity contribution in [3.8, 4) is 11.3 Å². The SMILES string of the molecule is Cn1oc(=O)cc1-c1ccccc1. The Bertz CT molecular complexity index is 453. The predicted octanol–water partition coefficient (Wildman–Crippen LogP) is 1.65. The summed E-state index contributed by atoms with van der Waals surface area (Å²) in [5.41, 5.74) is 1.46. The molecule has 3 heteroatoms. The van der Waals surface area contributed by atoms with E-state index in [1.165, 1.54) is 10.8 Å². The lowest BCUT2D eigenvalue weighted by atomic mass is 10.1. The molecule has 0 N–H and O–H groups in total. The van der Waals surface area contributed by atoms with Crippen molar-refractivity contribution in [3.05, 3.63) is 46.8 Å². The molecule has 0 aliphatic rings. The number of benzene rings is 1. The molecular weight excluding hydrogens is 166 g/mol. The molecule has 0 saturated heterocycles. The monoisotopic (exact) mass is 175 g/mol. The fourth-order valence-corrected chi connectivity index (χ4v) is 1.29. The Balaban J connectivity index is 2.59. The summed E-state index contributed by atoms with van der Waals surface area (Å²) >= 11 is 0. The van der Waals surface area contributed by atoms with Crippen LogP contribution in [0, 0.1) is 0 Å². The molecular formula is C10H9NO2. The van der Waals surface area contributed by atoms with Crippen LogP contribution in [0.4, 0.5) is 0 Å². The van der Waals surface area contributed by atoms with Gasteiger partial charge in [0, 0.05) is 12.6 Å². The number of hydrogen-bond donors (Lipinski definition) is 0. The van der Waals surface area contributed by atoms with Gasteiger partial charge in [-0.3, -0.25) is 0 Å². The van der Waals surface area contributed by atoms with Crippen LogP contribution >= 0.6 is 0 Å². The molecule has 0 atom stereocenters. The zero-order valence-electron chi connectivity index (χ0n) is 7.23. The maximum absolute atomic E-state index is 10.9. The van der Waals surface area contributed by atoms with Gasteiger partial charge < -0.3 is 4.52 Å². The van der Waals surface area contributed by atoms with Gasteiger partial charge in [-0.2, -0.15) is 0 Å². The maximum Gasteiger partial charge on any atom is 0.358 e. The van der Waals surface area contributed by atoms with Gasteiger partial charge >= 0.3 is 5.63 Å². The molecule has 0 aliphatic carbocycles. The molecule has 2 aromatic rings. The number of hydrogen-bond acceptors (Lipinski definition) is 2. The summed E-state index contributed by atoms with van der Waals surface area (Å²) in [5.74, 6) is 0. The average molecular weight is 175 g/mol. The third kappa shape index (κ3) is 1.40. The predicted molar refractivity (Wildman–Crippen MR) is 49.4 cm³/mol. The van der Waals surface area contributed by atoms with Gasteiger partial charge in [0.1, 0.15) is 0 Å². The van der Waals surface area contributed by atoms with E-state index in [9.17, 15) is 4.79 Å². The van der Waals surface area contributed by atoms with E-state index in [1.54, 1.807) is 7.05 Å². The fourth-order valence-electron chi connectivity index (χ4n) is 1.29. The molecule has 3 nitrogen and oxygen atoms in total. The van der Waals surface area contributed by atoms with Crippen molar-refractivity contribution >= 4 is 0 Å². The Morgan fingerprint density at radius 1 is 1.23 bits per heavy atom. The maximum atomic E-state index is 10.9. The first-order valence-corrected chi connectivity index (χ1v) is 4.00. The first-order valence-electron chi connectivity index (χ1n) is 4.00. The molecule has 0 aliphatic heterocycles. The Labute approximate surface area is 75.2 Å². The van der Waals surface area contributed by atoms with Gasteiger partial charge in [-0.05, 0) is 0 Å². The molecule has 0 bridgehead atoms. The zero-order valence-corrected chi connectivity index (χ0v) is 7.23. The van der Waals surface area contributed by atoms with Crippen LogP contribution in [-0.4, -0.2) is 4.74 Å². The van der Waals surface area contributed by atoms with E-state index < -0.39 is 0 Å². The molecule has 0 amide bonds. The molecule has 1 aromatic heterocycles. The van der Waals surface area contributed by atoms with E-state index in [0.29, 0.717) is 0 Å². The number of nitrogens with zero attached hydrogens (tertiary/aromatic N) is 1. The van der Waals surface area contributed by atoms with Crippen LogP contribution in [0.5, 0.6) is 0 Å². The van der Waals surface area contributed by atoms with E-state index in [1.807, 2.05) is 30.3 Å². The first kappa shape index (κ1) is 7.86. The summed E-state index contributed by atoms with van der Waals surface area (Å²) in [6.07, 6.45) is 0. The van der Waals surface area contributed by atoms with Crippen molar-refractivity contribution in [1.82, 2.24) is 4.74 Å². The highest BCUT2D eigenvalue weighted by Crippen LogP contribution is 2.15. The molecule has 1 aromatic carbocycles. The zero-order chi connectivity index (χ0) is 9.26. The molecule has 0 saturated carbocycles. The third-order valence-corrected chi connectivity index (χ3v) is 1.89. The van der Waals surface area contributed by atoms with Crippen molar-refractivity contribution in [3.63, 3.8) is 0 Å². The average Bonchev–Trinajstić information content (AvgIpc) is 2.47. The van der Waals surface area contributed by atoms with E-state index in [4.69, 9.17) is 4.52 Å². The second kappa shape index (κ2) is 2.94. The van der Waals surface area contributed by atoms with Crippen LogP contribution in [-0.2, 0) is 7.05 Å². The number of rotatable bonds is 1. The minimum atomic E-state index is -0.318. The summed E-state index contributed by atoms with van der Waals surface area (Å²) in [6, 6.07) is 11.1. The van der Waals surface area contributed by atoms with Gasteiger partial charge in [-0.25, -0.2) is 9.53 Å². The van der Waals surface area contributed by atoms with Crippen molar-refractivity contribution < 1.29 is 4.52 Å². The topological polar surface area (TPSA) is 35.1 Å². The van der Waals surface area contributed by atoms with Crippen molar-refractivity contribution in [2.75, 3.05) is 0 Å². The lowest BCUT2D eigenvalue weighted by Crippen LogP contribution is -1.90. The highest BCUT2D eigenvalue weighted by atomic mass is 16.5. The Morgan fingerprint density at radius 2 is 1.92 bits per heavy atom. The first-order chi connectivity index (χ1) is 6.27. The van der Waals surface area contributed by atoms with E-state index in [-0.39, 0.29) is 5.63 Å². The molecule has 66 valence electrons. The number of aromatic nitrogens is 1. The van der Waals surface area contributed by atoms with Crippen LogP contribution < -0.4 is 5.63 Å². The van der Waals surface area contributed by atoms with E-state index >= 15 is 0 Å². The Kier molecular flexibility index (Phi) is 1.77. The smallest absolute Gasteiger partial charge is 0.336 e. The molecule has 0 fully saturated rings. The summed E-state index contributed by atoms with van der Waals surface area (Å²) in [6.45, 7) is 0. The highest BCUT2D eigenvalue weighted by Gasteiger charge is 2.04. The van der Waals surface area contributed by atoms with E-state index in [0.717, 1.165) is 11.3 Å². The molecule has 0 spiro atoms. The van der Waals surface area contributed by atoms with Crippen LogP contribution in [0.3, 0.4) is 0 Å². The lowest BCUT2D eigenvalue weighted by molar-refractivity contribution is 0.289. The van der Waals surface area contributed by atoms with Gasteiger partial charge in [0.15, 0.2) is 0 Å². The highest BCUT2D eigenvalue weighted by molar-refractivity contribution is 5.58. The normalized spacial score (nSPS) is 10.2. The standard InChI is InChI=1S/C10H9NO2/c1-11-9(7-10(12)13-11)8-5-3-2-4-6-8/h2-7H,1H3. The largest absolute Gasteiger partial charge is 0.358 e. The molecule has 13 heavy (non-hydrogen) atoms. The minimum absolute atomic E-state index is 0.318. The number of aryl methyl sites for hydroxylation is 1. The summed E-state index contributed by atoms with van der Waals surface area (Å²) in [5, 5.41) is 0. The molecule has 2 rings (SSSR count). The van der Waals surface area contributed by atoms with Crippen molar-refractivity contribution in [2.24, 2.45) is 7.05 Å². The van der Waals surface area contributed by atoms with Gasteiger partial charge in [-0.15, -0.1) is 0 Å². The van der Waals surface area contributed by atoms with Crippen molar-refractivity contribution in [2.45, 2.75) is 0 Å². The molecule has 0 radical (unpaired) electrons. The van der Waals surface area contributed by atoms with Crippen LogP contribution in [0.1, 0.15) is 0 Å². The van der Waals surface area contributed by atoms with Crippen LogP contribution in [0.2, 0.25) is 0 Å². The van der Waals surface area contributed by atoms with Crippen molar-refractivity contribution in [1.29, 1.82) is 0 Å². The summed E-state index contributed by atoms with van der Waals surface area (Å²) in [4.78, 5) is 10.9. The van der Waals surface area contributed by atoms with Gasteiger partial charge in [0.2, 0.25) is 0 Å². The molecule has 0 unspecified atom stereocenters. The van der Waals surface area contributed by atoms with Gasteiger partial charge in [0.05, 0.1) is 11.8 Å². The quantitative estimate of drug-likeness (QED) is 0.660. The Hall–Kier alpha value is -1.77. The summed E-state index contributed by atoms with van der Waals surface area (Å²) in [7, 11) is 1.71. The van der Waals surface area contributed by atoms with E-state index in [2.05, 4.69) is 0 Å². The lowest BCUT2D eigenvalue weighted by Gasteiger charge is -1.98. The van der Waals surface area contributed by atoms with Gasteiger partial charge in [0.25, 0.3) is 0 Å². The second-order valence-corrected chi connectivity index (χ2v) is 2.80. The minimum Gasteiger partial charge on any atom is -0.336 e. The second-order valence-electron chi connectivity index (χ2n) is 2.80. The third-order valence-electron chi connectivity index (χ3n) is 1.89.